The molecule has 0 saturated carbocycles. The van der Waals surface area contributed by atoms with Crippen LogP contribution >= 0.6 is 22.9 Å². The molecule has 0 aliphatic carbocycles. The topological polar surface area (TPSA) is 28.2 Å². The van der Waals surface area contributed by atoms with E-state index in [0.29, 0.717) is 6.04 Å². The first-order valence-electron chi connectivity index (χ1n) is 5.53. The second kappa shape index (κ2) is 5.21. The number of hydrogen-bond acceptors (Lipinski definition) is 4. The average molecular weight is 270 g/mol. The number of nitrogens with one attached hydrogen (secondary N) is 1. The Hall–Kier alpha value is -0.840. The number of nitrogens with zero attached hydrogens (tertiary/aromatic N) is 2. The molecular weight excluding hydrogens is 254 g/mol. The van der Waals surface area contributed by atoms with E-state index in [4.69, 9.17) is 11.6 Å². The summed E-state index contributed by atoms with van der Waals surface area (Å²) < 4.78 is 1.05. The Balaban J connectivity index is 2.12. The lowest BCUT2D eigenvalue weighted by Gasteiger charge is -2.19. The number of thiazole rings is 1. The molecule has 0 spiro atoms. The van der Waals surface area contributed by atoms with Crippen LogP contribution in [0.2, 0.25) is 5.02 Å². The molecule has 1 unspecified atom stereocenters. The standard InChI is InChI=1S/C12H16ClN3S/c1-8(16(2)3)7-14-12-15-10-6-4-5-9(13)11(10)17-12/h4-6,8H,7H2,1-3H3,(H,14,15). The van der Waals surface area contributed by atoms with Crippen molar-refractivity contribution in [3.63, 3.8) is 0 Å². The van der Waals surface area contributed by atoms with Crippen molar-refractivity contribution >= 4 is 38.3 Å². The van der Waals surface area contributed by atoms with Crippen molar-refractivity contribution in [3.8, 4) is 0 Å². The maximum atomic E-state index is 6.12. The average Bonchev–Trinajstić information content (AvgIpc) is 2.70. The number of benzene rings is 1. The summed E-state index contributed by atoms with van der Waals surface area (Å²) in [7, 11) is 4.14. The summed E-state index contributed by atoms with van der Waals surface area (Å²) in [5.41, 5.74) is 0.961. The van der Waals surface area contributed by atoms with Gasteiger partial charge in [-0.2, -0.15) is 0 Å². The van der Waals surface area contributed by atoms with E-state index in [0.717, 1.165) is 26.9 Å². The zero-order chi connectivity index (χ0) is 12.4. The summed E-state index contributed by atoms with van der Waals surface area (Å²) in [5, 5.41) is 5.05. The Bertz CT molecular complexity index is 509. The maximum Gasteiger partial charge on any atom is 0.183 e. The van der Waals surface area contributed by atoms with Crippen molar-refractivity contribution < 1.29 is 0 Å². The van der Waals surface area contributed by atoms with Gasteiger partial charge in [0.25, 0.3) is 0 Å². The van der Waals surface area contributed by atoms with E-state index in [1.54, 1.807) is 11.3 Å². The second-order valence-electron chi connectivity index (χ2n) is 4.30. The Labute approximate surface area is 110 Å². The van der Waals surface area contributed by atoms with E-state index in [1.807, 2.05) is 18.2 Å². The molecule has 2 rings (SSSR count). The zero-order valence-corrected chi connectivity index (χ0v) is 11.8. The molecule has 0 aliphatic heterocycles. The van der Waals surface area contributed by atoms with Crippen molar-refractivity contribution in [2.75, 3.05) is 26.0 Å². The van der Waals surface area contributed by atoms with E-state index in [2.05, 4.69) is 36.2 Å². The minimum Gasteiger partial charge on any atom is -0.360 e. The first-order valence-corrected chi connectivity index (χ1v) is 6.72. The van der Waals surface area contributed by atoms with Crippen LogP contribution in [0.5, 0.6) is 0 Å². The first kappa shape index (κ1) is 12.6. The quantitative estimate of drug-likeness (QED) is 0.923. The molecule has 0 amide bonds. The Kier molecular flexibility index (Phi) is 3.86. The van der Waals surface area contributed by atoms with E-state index in [9.17, 15) is 0 Å². The van der Waals surface area contributed by atoms with Crippen molar-refractivity contribution in [1.82, 2.24) is 9.88 Å². The number of halogens is 1. The van der Waals surface area contributed by atoms with Crippen molar-refractivity contribution in [2.24, 2.45) is 0 Å². The predicted molar refractivity (Wildman–Crippen MR) is 76.3 cm³/mol. The summed E-state index contributed by atoms with van der Waals surface area (Å²) >= 11 is 7.72. The van der Waals surface area contributed by atoms with Crippen LogP contribution in [-0.4, -0.2) is 36.6 Å². The van der Waals surface area contributed by atoms with Crippen LogP contribution < -0.4 is 5.32 Å². The normalized spacial score (nSPS) is 13.2. The van der Waals surface area contributed by atoms with Gasteiger partial charge in [-0.15, -0.1) is 0 Å². The smallest absolute Gasteiger partial charge is 0.183 e. The van der Waals surface area contributed by atoms with E-state index < -0.39 is 0 Å². The molecule has 0 radical (unpaired) electrons. The molecule has 0 aliphatic rings. The zero-order valence-electron chi connectivity index (χ0n) is 10.2. The summed E-state index contributed by atoms with van der Waals surface area (Å²) in [5.74, 6) is 0. The van der Waals surface area contributed by atoms with Gasteiger partial charge in [-0.25, -0.2) is 4.98 Å². The molecule has 1 atom stereocenters. The Morgan fingerprint density at radius 1 is 1.47 bits per heavy atom. The van der Waals surface area contributed by atoms with Gasteiger partial charge in [0.1, 0.15) is 0 Å². The molecule has 92 valence electrons. The van der Waals surface area contributed by atoms with Gasteiger partial charge in [0.05, 0.1) is 15.2 Å². The second-order valence-corrected chi connectivity index (χ2v) is 5.71. The first-order chi connectivity index (χ1) is 8.08. The highest BCUT2D eigenvalue weighted by Crippen LogP contribution is 2.31. The fraction of sp³-hybridized carbons (Fsp3) is 0.417. The van der Waals surface area contributed by atoms with E-state index >= 15 is 0 Å². The number of rotatable bonds is 4. The summed E-state index contributed by atoms with van der Waals surface area (Å²) in [6.45, 7) is 3.05. The molecule has 0 bridgehead atoms. The van der Waals surface area contributed by atoms with Crippen LogP contribution in [0.25, 0.3) is 10.2 Å². The molecule has 1 N–H and O–H groups in total. The number of fused-ring (bicyclic) bond motifs is 1. The highest BCUT2D eigenvalue weighted by Gasteiger charge is 2.08. The molecule has 1 aromatic heterocycles. The van der Waals surface area contributed by atoms with Crippen LogP contribution in [0.3, 0.4) is 0 Å². The minimum absolute atomic E-state index is 0.470. The number of anilines is 1. The van der Waals surface area contributed by atoms with Gasteiger partial charge in [0, 0.05) is 12.6 Å². The lowest BCUT2D eigenvalue weighted by atomic mass is 10.3. The highest BCUT2D eigenvalue weighted by molar-refractivity contribution is 7.22. The van der Waals surface area contributed by atoms with Crippen LogP contribution in [-0.2, 0) is 0 Å². The van der Waals surface area contributed by atoms with Crippen LogP contribution in [0.4, 0.5) is 5.13 Å². The summed E-state index contributed by atoms with van der Waals surface area (Å²) in [6, 6.07) is 6.28. The molecule has 3 nitrogen and oxygen atoms in total. The SMILES string of the molecule is CC(CNc1nc2cccc(Cl)c2s1)N(C)C. The van der Waals surface area contributed by atoms with Gasteiger partial charge < -0.3 is 10.2 Å². The Morgan fingerprint density at radius 2 is 2.24 bits per heavy atom. The van der Waals surface area contributed by atoms with Gasteiger partial charge >= 0.3 is 0 Å². The van der Waals surface area contributed by atoms with Crippen molar-refractivity contribution in [2.45, 2.75) is 13.0 Å². The largest absolute Gasteiger partial charge is 0.360 e. The number of hydrogen-bond donors (Lipinski definition) is 1. The fourth-order valence-electron chi connectivity index (χ4n) is 1.41. The minimum atomic E-state index is 0.470. The van der Waals surface area contributed by atoms with E-state index in [1.165, 1.54) is 0 Å². The third-order valence-corrected chi connectivity index (χ3v) is 4.29. The Morgan fingerprint density at radius 3 is 2.88 bits per heavy atom. The fourth-order valence-corrected chi connectivity index (χ4v) is 2.57. The van der Waals surface area contributed by atoms with Crippen molar-refractivity contribution in [3.05, 3.63) is 23.2 Å². The molecule has 0 saturated heterocycles. The summed E-state index contributed by atoms with van der Waals surface area (Å²) in [4.78, 5) is 6.68. The molecule has 0 fully saturated rings. The molecule has 17 heavy (non-hydrogen) atoms. The van der Waals surface area contributed by atoms with Crippen molar-refractivity contribution in [1.29, 1.82) is 0 Å². The van der Waals surface area contributed by atoms with Crippen LogP contribution in [0.15, 0.2) is 18.2 Å². The summed E-state index contributed by atoms with van der Waals surface area (Å²) in [6.07, 6.45) is 0. The lowest BCUT2D eigenvalue weighted by Crippen LogP contribution is -2.31. The van der Waals surface area contributed by atoms with Gasteiger partial charge in [-0.3, -0.25) is 0 Å². The molecule has 1 heterocycles. The van der Waals surface area contributed by atoms with Gasteiger partial charge in [-0.1, -0.05) is 29.0 Å². The van der Waals surface area contributed by atoms with Crippen LogP contribution in [0.1, 0.15) is 6.92 Å². The maximum absolute atomic E-state index is 6.12. The predicted octanol–water partition coefficient (Wildman–Crippen LogP) is 3.31. The van der Waals surface area contributed by atoms with Gasteiger partial charge in [-0.05, 0) is 33.2 Å². The molecule has 2 aromatic rings. The van der Waals surface area contributed by atoms with Gasteiger partial charge in [0.2, 0.25) is 0 Å². The lowest BCUT2D eigenvalue weighted by molar-refractivity contribution is 0.326. The number of aromatic nitrogens is 1. The van der Waals surface area contributed by atoms with Crippen LogP contribution in [0, 0.1) is 0 Å². The third kappa shape index (κ3) is 2.89. The third-order valence-electron chi connectivity index (χ3n) is 2.80. The molecule has 1 aromatic carbocycles. The monoisotopic (exact) mass is 269 g/mol. The highest BCUT2D eigenvalue weighted by atomic mass is 35.5. The van der Waals surface area contributed by atoms with E-state index in [-0.39, 0.29) is 0 Å². The van der Waals surface area contributed by atoms with Gasteiger partial charge in [0.15, 0.2) is 5.13 Å². The molecule has 5 heteroatoms. The molecular formula is C12H16ClN3S. The number of likely N-dealkylation sites (N-methyl/N-ethyl adjacent to an activating group) is 1.